The molecule has 2 N–H and O–H groups in total. The molecule has 1 fully saturated rings. The highest BCUT2D eigenvalue weighted by atomic mass is 35.5. The van der Waals surface area contributed by atoms with Gasteiger partial charge in [-0.15, -0.1) is 0 Å². The van der Waals surface area contributed by atoms with E-state index in [9.17, 15) is 4.39 Å². The summed E-state index contributed by atoms with van der Waals surface area (Å²) in [4.78, 5) is 0. The molecule has 2 unspecified atom stereocenters. The Morgan fingerprint density at radius 3 is 2.89 bits per heavy atom. The number of hydrogen-bond donors (Lipinski definition) is 1. The van der Waals surface area contributed by atoms with Crippen molar-refractivity contribution in [3.8, 4) is 0 Å². The molecular formula is C15H21ClFN. The quantitative estimate of drug-likeness (QED) is 0.875. The van der Waals surface area contributed by atoms with Gasteiger partial charge in [0, 0.05) is 5.02 Å². The molecule has 1 aliphatic rings. The van der Waals surface area contributed by atoms with Crippen molar-refractivity contribution in [3.05, 3.63) is 34.6 Å². The summed E-state index contributed by atoms with van der Waals surface area (Å²) < 4.78 is 13.1. The summed E-state index contributed by atoms with van der Waals surface area (Å²) in [5.41, 5.74) is 7.19. The Bertz CT molecular complexity index is 421. The van der Waals surface area contributed by atoms with Crippen LogP contribution in [0.3, 0.4) is 0 Å². The highest BCUT2D eigenvalue weighted by Gasteiger charge is 2.34. The Morgan fingerprint density at radius 2 is 2.28 bits per heavy atom. The average molecular weight is 270 g/mol. The fraction of sp³-hybridized carbons (Fsp3) is 0.600. The van der Waals surface area contributed by atoms with Crippen LogP contribution in [0, 0.1) is 17.2 Å². The smallest absolute Gasteiger partial charge is 0.124 e. The number of hydrogen-bond acceptors (Lipinski definition) is 1. The zero-order valence-corrected chi connectivity index (χ0v) is 11.6. The minimum atomic E-state index is -0.275. The van der Waals surface area contributed by atoms with Crippen molar-refractivity contribution in [1.29, 1.82) is 0 Å². The van der Waals surface area contributed by atoms with Crippen molar-refractivity contribution < 1.29 is 4.39 Å². The van der Waals surface area contributed by atoms with Gasteiger partial charge >= 0.3 is 0 Å². The molecule has 0 radical (unpaired) electrons. The second kappa shape index (κ2) is 5.58. The van der Waals surface area contributed by atoms with Gasteiger partial charge in [0.05, 0.1) is 0 Å². The minimum Gasteiger partial charge on any atom is -0.330 e. The van der Waals surface area contributed by atoms with Crippen LogP contribution in [0.25, 0.3) is 0 Å². The van der Waals surface area contributed by atoms with E-state index >= 15 is 0 Å². The summed E-state index contributed by atoms with van der Waals surface area (Å²) in [7, 11) is 0. The monoisotopic (exact) mass is 269 g/mol. The van der Waals surface area contributed by atoms with E-state index in [4.69, 9.17) is 17.3 Å². The maximum atomic E-state index is 13.1. The molecule has 100 valence electrons. The van der Waals surface area contributed by atoms with Gasteiger partial charge in [-0.25, -0.2) is 4.39 Å². The molecule has 0 aromatic heterocycles. The molecule has 0 amide bonds. The van der Waals surface area contributed by atoms with Crippen molar-refractivity contribution >= 4 is 11.6 Å². The highest BCUT2D eigenvalue weighted by molar-refractivity contribution is 6.31. The van der Waals surface area contributed by atoms with Gasteiger partial charge < -0.3 is 5.73 Å². The average Bonchev–Trinajstić information content (AvgIpc) is 2.33. The van der Waals surface area contributed by atoms with Crippen LogP contribution < -0.4 is 5.73 Å². The van der Waals surface area contributed by atoms with Crippen molar-refractivity contribution in [2.75, 3.05) is 6.54 Å². The van der Waals surface area contributed by atoms with Crippen LogP contribution in [-0.4, -0.2) is 6.54 Å². The molecule has 3 heteroatoms. The number of nitrogens with two attached hydrogens (primary N) is 1. The van der Waals surface area contributed by atoms with Gasteiger partial charge in [0.1, 0.15) is 5.82 Å². The number of rotatable bonds is 3. The molecule has 2 rings (SSSR count). The zero-order chi connectivity index (χ0) is 13.2. The molecule has 0 heterocycles. The Morgan fingerprint density at radius 1 is 1.50 bits per heavy atom. The molecule has 2 atom stereocenters. The maximum absolute atomic E-state index is 13.1. The first kappa shape index (κ1) is 13.8. The molecule has 0 spiro atoms. The number of halogens is 2. The van der Waals surface area contributed by atoms with Crippen LogP contribution in [0.5, 0.6) is 0 Å². The molecule has 0 bridgehead atoms. The molecule has 1 aliphatic carbocycles. The summed E-state index contributed by atoms with van der Waals surface area (Å²) in [5, 5.41) is 0.529. The second-order valence-electron chi connectivity index (χ2n) is 5.82. The largest absolute Gasteiger partial charge is 0.330 e. The van der Waals surface area contributed by atoms with Crippen molar-refractivity contribution in [2.24, 2.45) is 17.1 Å². The molecule has 1 aromatic rings. The zero-order valence-electron chi connectivity index (χ0n) is 10.9. The Labute approximate surface area is 114 Å². The third-order valence-corrected chi connectivity index (χ3v) is 4.55. The van der Waals surface area contributed by atoms with Crippen molar-refractivity contribution in [1.82, 2.24) is 0 Å². The van der Waals surface area contributed by atoms with E-state index in [-0.39, 0.29) is 11.2 Å². The fourth-order valence-corrected chi connectivity index (χ4v) is 3.49. The predicted molar refractivity (Wildman–Crippen MR) is 74.2 cm³/mol. The van der Waals surface area contributed by atoms with Gasteiger partial charge in [-0.2, -0.15) is 0 Å². The lowest BCUT2D eigenvalue weighted by Gasteiger charge is -2.39. The van der Waals surface area contributed by atoms with E-state index in [1.165, 1.54) is 25.0 Å². The Kier molecular flexibility index (Phi) is 4.29. The summed E-state index contributed by atoms with van der Waals surface area (Å²) >= 11 is 6.12. The molecule has 1 nitrogen and oxygen atoms in total. The molecule has 18 heavy (non-hydrogen) atoms. The molecule has 0 aliphatic heterocycles. The van der Waals surface area contributed by atoms with Gasteiger partial charge in [-0.1, -0.05) is 37.4 Å². The van der Waals surface area contributed by atoms with Gasteiger partial charge in [0.25, 0.3) is 0 Å². The molecular weight excluding hydrogens is 249 g/mol. The summed E-state index contributed by atoms with van der Waals surface area (Å²) in [6.07, 6.45) is 5.70. The molecule has 0 saturated heterocycles. The summed E-state index contributed by atoms with van der Waals surface area (Å²) in [6.45, 7) is 2.97. The first-order chi connectivity index (χ1) is 8.54. The Hall–Kier alpha value is -0.600. The lowest BCUT2D eigenvalue weighted by molar-refractivity contribution is 0.154. The summed E-state index contributed by atoms with van der Waals surface area (Å²) in [5.74, 6) is 0.448. The van der Waals surface area contributed by atoms with Crippen LogP contribution in [-0.2, 0) is 6.42 Å². The van der Waals surface area contributed by atoms with E-state index < -0.39 is 0 Å². The van der Waals surface area contributed by atoms with Crippen LogP contribution >= 0.6 is 11.6 Å². The van der Waals surface area contributed by atoms with Crippen LogP contribution in [0.4, 0.5) is 4.39 Å². The van der Waals surface area contributed by atoms with Crippen LogP contribution in [0.1, 0.15) is 38.2 Å². The van der Waals surface area contributed by atoms with E-state index in [0.717, 1.165) is 30.7 Å². The normalized spacial score (nSPS) is 28.3. The highest BCUT2D eigenvalue weighted by Crippen LogP contribution is 2.42. The SMILES string of the molecule is CC1CCCC(CN)(Cc2ccc(F)cc2Cl)C1. The lowest BCUT2D eigenvalue weighted by atomic mass is 9.67. The van der Waals surface area contributed by atoms with Gasteiger partial charge in [-0.3, -0.25) is 0 Å². The van der Waals surface area contributed by atoms with E-state index in [2.05, 4.69) is 6.92 Å². The van der Waals surface area contributed by atoms with Gasteiger partial charge in [0.2, 0.25) is 0 Å². The maximum Gasteiger partial charge on any atom is 0.124 e. The second-order valence-corrected chi connectivity index (χ2v) is 6.23. The molecule has 1 saturated carbocycles. The topological polar surface area (TPSA) is 26.0 Å². The third-order valence-electron chi connectivity index (χ3n) is 4.20. The predicted octanol–water partition coefficient (Wildman–Crippen LogP) is 4.18. The van der Waals surface area contributed by atoms with E-state index in [0.29, 0.717) is 11.6 Å². The van der Waals surface area contributed by atoms with Gasteiger partial charge in [0.15, 0.2) is 0 Å². The van der Waals surface area contributed by atoms with Gasteiger partial charge in [-0.05, 0) is 54.8 Å². The standard InChI is InChI=1S/C15H21ClFN/c1-11-3-2-6-15(8-11,10-18)9-12-4-5-13(17)7-14(12)16/h4-5,7,11H,2-3,6,8-10,18H2,1H3. The minimum absolute atomic E-state index is 0.152. The Balaban J connectivity index is 2.19. The lowest BCUT2D eigenvalue weighted by Crippen LogP contribution is -2.37. The van der Waals surface area contributed by atoms with Crippen molar-refractivity contribution in [3.63, 3.8) is 0 Å². The summed E-state index contributed by atoms with van der Waals surface area (Å²) in [6, 6.07) is 4.68. The van der Waals surface area contributed by atoms with E-state index in [1.54, 1.807) is 6.07 Å². The third kappa shape index (κ3) is 3.04. The fourth-order valence-electron chi connectivity index (χ4n) is 3.26. The van der Waals surface area contributed by atoms with Crippen LogP contribution in [0.15, 0.2) is 18.2 Å². The number of benzene rings is 1. The first-order valence-corrected chi connectivity index (χ1v) is 7.06. The molecule has 1 aromatic carbocycles. The van der Waals surface area contributed by atoms with Crippen molar-refractivity contribution in [2.45, 2.75) is 39.0 Å². The first-order valence-electron chi connectivity index (χ1n) is 6.69. The van der Waals surface area contributed by atoms with E-state index in [1.807, 2.05) is 0 Å². The van der Waals surface area contributed by atoms with Crippen LogP contribution in [0.2, 0.25) is 5.02 Å².